The van der Waals surface area contributed by atoms with Crippen molar-refractivity contribution in [1.82, 2.24) is 4.98 Å². The van der Waals surface area contributed by atoms with Gasteiger partial charge in [0.05, 0.1) is 11.1 Å². The van der Waals surface area contributed by atoms with Crippen LogP contribution in [0.25, 0.3) is 22.0 Å². The molecule has 1 aliphatic rings. The second-order valence-corrected chi connectivity index (χ2v) is 8.67. The zero-order valence-corrected chi connectivity index (χ0v) is 17.8. The molecular weight excluding hydrogens is 390 g/mol. The fraction of sp³-hybridized carbons (Fsp3) is 0.280. The lowest BCUT2D eigenvalue weighted by Gasteiger charge is -2.31. The lowest BCUT2D eigenvalue weighted by Crippen LogP contribution is -2.29. The number of hydrogen-bond donors (Lipinski definition) is 4. The Morgan fingerprint density at radius 2 is 2.06 bits per heavy atom. The van der Waals surface area contributed by atoms with E-state index in [4.69, 9.17) is 5.73 Å². The fourth-order valence-corrected chi connectivity index (χ4v) is 4.60. The van der Waals surface area contributed by atoms with E-state index < -0.39 is 5.91 Å². The Morgan fingerprint density at radius 3 is 2.74 bits per heavy atom. The molecule has 6 nitrogen and oxygen atoms in total. The first kappa shape index (κ1) is 20.9. The van der Waals surface area contributed by atoms with Gasteiger partial charge in [-0.1, -0.05) is 31.7 Å². The standard InChI is InChI=1S/C25H27N3O3/c1-4-21(30)27-19-7-5-6-15(14(19)2)16-8-9-18(24(26)31)23-22(16)17-10-11-25(3,13-29)12-20(17)28-23/h4-9,28-29H,1,10-13H2,2-3H3,(H2,26,31)(H,27,30). The largest absolute Gasteiger partial charge is 0.396 e. The van der Waals surface area contributed by atoms with Crippen LogP contribution in [0.4, 0.5) is 5.69 Å². The molecule has 0 spiro atoms. The zero-order valence-electron chi connectivity index (χ0n) is 17.8. The Bertz CT molecular complexity index is 1220. The number of nitrogens with one attached hydrogen (secondary N) is 2. The lowest BCUT2D eigenvalue weighted by atomic mass is 9.75. The van der Waals surface area contributed by atoms with Gasteiger partial charge < -0.3 is 21.1 Å². The third-order valence-corrected chi connectivity index (χ3v) is 6.44. The van der Waals surface area contributed by atoms with Crippen LogP contribution in [0.1, 0.15) is 40.5 Å². The molecule has 1 atom stereocenters. The molecule has 1 aromatic heterocycles. The highest BCUT2D eigenvalue weighted by molar-refractivity contribution is 6.11. The maximum atomic E-state index is 12.1. The molecule has 1 heterocycles. The van der Waals surface area contributed by atoms with E-state index in [0.717, 1.165) is 46.1 Å². The van der Waals surface area contributed by atoms with Crippen molar-refractivity contribution in [2.45, 2.75) is 33.1 Å². The van der Waals surface area contributed by atoms with Crippen LogP contribution in [-0.4, -0.2) is 28.5 Å². The molecule has 2 aromatic carbocycles. The predicted molar refractivity (Wildman–Crippen MR) is 123 cm³/mol. The van der Waals surface area contributed by atoms with Gasteiger partial charge in [0, 0.05) is 23.4 Å². The molecule has 1 aliphatic carbocycles. The second-order valence-electron chi connectivity index (χ2n) is 8.67. The van der Waals surface area contributed by atoms with Crippen LogP contribution in [0.2, 0.25) is 0 Å². The number of rotatable bonds is 5. The summed E-state index contributed by atoms with van der Waals surface area (Å²) in [4.78, 5) is 27.4. The van der Waals surface area contributed by atoms with Crippen LogP contribution in [0.15, 0.2) is 43.0 Å². The summed E-state index contributed by atoms with van der Waals surface area (Å²) in [5.74, 6) is -0.749. The third-order valence-electron chi connectivity index (χ3n) is 6.44. The predicted octanol–water partition coefficient (Wildman–Crippen LogP) is 3.85. The highest BCUT2D eigenvalue weighted by Crippen LogP contribution is 2.43. The van der Waals surface area contributed by atoms with Crippen molar-refractivity contribution in [1.29, 1.82) is 0 Å². The highest BCUT2D eigenvalue weighted by atomic mass is 16.3. The van der Waals surface area contributed by atoms with Crippen LogP contribution < -0.4 is 11.1 Å². The first-order valence-corrected chi connectivity index (χ1v) is 10.4. The van der Waals surface area contributed by atoms with Crippen molar-refractivity contribution >= 4 is 28.4 Å². The van der Waals surface area contributed by atoms with Gasteiger partial charge in [0.2, 0.25) is 5.91 Å². The average molecular weight is 418 g/mol. The molecule has 0 radical (unpaired) electrons. The SMILES string of the molecule is C=CC(=O)Nc1cccc(-c2ccc(C(N)=O)c3[nH]c4c(c23)CCC(C)(CO)C4)c1C. The minimum atomic E-state index is -0.483. The summed E-state index contributed by atoms with van der Waals surface area (Å²) in [6.07, 6.45) is 3.61. The minimum Gasteiger partial charge on any atom is -0.396 e. The van der Waals surface area contributed by atoms with Crippen LogP contribution >= 0.6 is 0 Å². The Labute approximate surface area is 181 Å². The van der Waals surface area contributed by atoms with E-state index >= 15 is 0 Å². The number of benzene rings is 2. The van der Waals surface area contributed by atoms with Crippen LogP contribution in [0.3, 0.4) is 0 Å². The van der Waals surface area contributed by atoms with Gasteiger partial charge in [-0.05, 0) is 72.1 Å². The number of hydrogen-bond acceptors (Lipinski definition) is 3. The number of amides is 2. The second kappa shape index (κ2) is 7.71. The summed E-state index contributed by atoms with van der Waals surface area (Å²) >= 11 is 0. The summed E-state index contributed by atoms with van der Waals surface area (Å²) in [7, 11) is 0. The topological polar surface area (TPSA) is 108 Å². The fourth-order valence-electron chi connectivity index (χ4n) is 4.60. The molecule has 2 amide bonds. The van der Waals surface area contributed by atoms with Crippen molar-refractivity contribution in [2.24, 2.45) is 11.1 Å². The van der Waals surface area contributed by atoms with Crippen LogP contribution in [0, 0.1) is 12.3 Å². The number of aryl methyl sites for hydroxylation is 1. The molecule has 6 heteroatoms. The molecule has 31 heavy (non-hydrogen) atoms. The molecule has 0 saturated heterocycles. The minimum absolute atomic E-state index is 0.113. The first-order valence-electron chi connectivity index (χ1n) is 10.4. The van der Waals surface area contributed by atoms with E-state index in [1.54, 1.807) is 6.07 Å². The monoisotopic (exact) mass is 417 g/mol. The summed E-state index contributed by atoms with van der Waals surface area (Å²) in [6, 6.07) is 9.45. The molecular formula is C25H27N3O3. The Balaban J connectivity index is 1.96. The molecule has 1 unspecified atom stereocenters. The molecule has 5 N–H and O–H groups in total. The van der Waals surface area contributed by atoms with Gasteiger partial charge in [-0.25, -0.2) is 0 Å². The molecule has 160 valence electrons. The Morgan fingerprint density at radius 1 is 1.29 bits per heavy atom. The number of aliphatic hydroxyl groups excluding tert-OH is 1. The normalized spacial score (nSPS) is 17.9. The first-order chi connectivity index (χ1) is 14.8. The Hall–Kier alpha value is -3.38. The maximum absolute atomic E-state index is 12.1. The lowest BCUT2D eigenvalue weighted by molar-refractivity contribution is -0.111. The Kier molecular flexibility index (Phi) is 5.19. The van der Waals surface area contributed by atoms with E-state index in [1.165, 1.54) is 11.6 Å². The van der Waals surface area contributed by atoms with Crippen molar-refractivity contribution in [3.05, 3.63) is 65.4 Å². The van der Waals surface area contributed by atoms with E-state index in [9.17, 15) is 14.7 Å². The van der Waals surface area contributed by atoms with Gasteiger partial charge in [0.15, 0.2) is 0 Å². The number of primary amides is 1. The number of aliphatic hydroxyl groups is 1. The molecule has 4 rings (SSSR count). The zero-order chi connectivity index (χ0) is 22.3. The molecule has 3 aromatic rings. The quantitative estimate of drug-likeness (QED) is 0.474. The van der Waals surface area contributed by atoms with Gasteiger partial charge in [-0.15, -0.1) is 0 Å². The van der Waals surface area contributed by atoms with Gasteiger partial charge in [0.1, 0.15) is 0 Å². The van der Waals surface area contributed by atoms with Crippen molar-refractivity contribution < 1.29 is 14.7 Å². The summed E-state index contributed by atoms with van der Waals surface area (Å²) < 4.78 is 0. The third kappa shape index (κ3) is 3.53. The van der Waals surface area contributed by atoms with Gasteiger partial charge in [-0.3, -0.25) is 9.59 Å². The van der Waals surface area contributed by atoms with E-state index in [2.05, 4.69) is 23.8 Å². The van der Waals surface area contributed by atoms with Crippen molar-refractivity contribution in [2.75, 3.05) is 11.9 Å². The molecule has 0 saturated carbocycles. The van der Waals surface area contributed by atoms with E-state index in [-0.39, 0.29) is 17.9 Å². The number of aromatic amines is 1. The molecule has 0 bridgehead atoms. The maximum Gasteiger partial charge on any atom is 0.250 e. The number of carbonyl (C=O) groups is 2. The van der Waals surface area contributed by atoms with Crippen LogP contribution in [-0.2, 0) is 17.6 Å². The van der Waals surface area contributed by atoms with Crippen LogP contribution in [0.5, 0.6) is 0 Å². The summed E-state index contributed by atoms with van der Waals surface area (Å²) in [5.41, 5.74) is 12.5. The number of aromatic nitrogens is 1. The average Bonchev–Trinajstić information content (AvgIpc) is 3.12. The van der Waals surface area contributed by atoms with Gasteiger partial charge in [0.25, 0.3) is 5.91 Å². The van der Waals surface area contributed by atoms with Gasteiger partial charge in [-0.2, -0.15) is 0 Å². The number of H-pyrrole nitrogens is 1. The number of anilines is 1. The number of carbonyl (C=O) groups excluding carboxylic acids is 2. The van der Waals surface area contributed by atoms with Crippen molar-refractivity contribution in [3.63, 3.8) is 0 Å². The smallest absolute Gasteiger partial charge is 0.250 e. The highest BCUT2D eigenvalue weighted by Gasteiger charge is 2.33. The molecule has 0 aliphatic heterocycles. The molecule has 0 fully saturated rings. The van der Waals surface area contributed by atoms with Gasteiger partial charge >= 0.3 is 0 Å². The number of nitrogens with two attached hydrogens (primary N) is 1. The van der Waals surface area contributed by atoms with Crippen molar-refractivity contribution in [3.8, 4) is 11.1 Å². The number of fused-ring (bicyclic) bond motifs is 3. The summed E-state index contributed by atoms with van der Waals surface area (Å²) in [6.45, 7) is 7.67. The summed E-state index contributed by atoms with van der Waals surface area (Å²) in [5, 5.41) is 13.7. The van der Waals surface area contributed by atoms with E-state index in [1.807, 2.05) is 31.2 Å². The van der Waals surface area contributed by atoms with E-state index in [0.29, 0.717) is 17.7 Å².